The molecule has 0 saturated heterocycles. The molecule has 2 unspecified atom stereocenters. The van der Waals surface area contributed by atoms with E-state index in [1.165, 1.54) is 12.1 Å². The molecule has 0 saturated carbocycles. The van der Waals surface area contributed by atoms with E-state index in [0.29, 0.717) is 12.8 Å². The number of hydrogen-bond acceptors (Lipinski definition) is 2. The molecule has 88 valence electrons. The Morgan fingerprint density at radius 3 is 2.44 bits per heavy atom. The van der Waals surface area contributed by atoms with Gasteiger partial charge in [-0.25, -0.2) is 4.39 Å². The number of halogens is 1. The third-order valence-electron chi connectivity index (χ3n) is 2.50. The van der Waals surface area contributed by atoms with Crippen molar-refractivity contribution in [1.29, 1.82) is 0 Å². The van der Waals surface area contributed by atoms with E-state index in [1.54, 1.807) is 12.1 Å². The summed E-state index contributed by atoms with van der Waals surface area (Å²) in [6.07, 6.45) is 0.990. The van der Waals surface area contributed by atoms with Crippen LogP contribution in [-0.2, 0) is 4.79 Å². The van der Waals surface area contributed by atoms with Gasteiger partial charge in [-0.3, -0.25) is 4.79 Å². The second-order valence-corrected chi connectivity index (χ2v) is 4.17. The Balaban J connectivity index is 2.54. The fourth-order valence-corrected chi connectivity index (χ4v) is 1.71. The maximum Gasteiger partial charge on any atom is 0.217 e. The molecule has 0 spiro atoms. The van der Waals surface area contributed by atoms with Crippen LogP contribution >= 0.6 is 0 Å². The second-order valence-electron chi connectivity index (χ2n) is 4.17. The van der Waals surface area contributed by atoms with Gasteiger partial charge in [-0.05, 0) is 30.0 Å². The van der Waals surface area contributed by atoms with Crippen molar-refractivity contribution in [3.05, 3.63) is 35.6 Å². The van der Waals surface area contributed by atoms with Crippen LogP contribution < -0.4 is 11.5 Å². The molecule has 0 radical (unpaired) electrons. The SMILES string of the molecule is CC(CC(N)=O)CC(N)c1ccc(F)cc1. The molecule has 4 heteroatoms. The number of carbonyl (C=O) groups is 1. The average Bonchev–Trinajstić information content (AvgIpc) is 2.16. The van der Waals surface area contributed by atoms with Gasteiger partial charge < -0.3 is 11.5 Å². The third kappa shape index (κ3) is 3.98. The first-order valence-corrected chi connectivity index (χ1v) is 5.28. The van der Waals surface area contributed by atoms with Crippen molar-refractivity contribution in [3.8, 4) is 0 Å². The first-order valence-electron chi connectivity index (χ1n) is 5.28. The van der Waals surface area contributed by atoms with Crippen molar-refractivity contribution in [2.45, 2.75) is 25.8 Å². The highest BCUT2D eigenvalue weighted by Crippen LogP contribution is 2.20. The van der Waals surface area contributed by atoms with E-state index in [4.69, 9.17) is 11.5 Å². The largest absolute Gasteiger partial charge is 0.370 e. The van der Waals surface area contributed by atoms with Crippen molar-refractivity contribution in [3.63, 3.8) is 0 Å². The zero-order valence-electron chi connectivity index (χ0n) is 9.32. The van der Waals surface area contributed by atoms with E-state index in [0.717, 1.165) is 5.56 Å². The number of rotatable bonds is 5. The van der Waals surface area contributed by atoms with Crippen LogP contribution in [0, 0.1) is 11.7 Å². The average molecular weight is 224 g/mol. The highest BCUT2D eigenvalue weighted by atomic mass is 19.1. The predicted molar refractivity (Wildman–Crippen MR) is 60.9 cm³/mol. The summed E-state index contributed by atoms with van der Waals surface area (Å²) in [5.41, 5.74) is 11.9. The minimum absolute atomic E-state index is 0.137. The lowest BCUT2D eigenvalue weighted by Crippen LogP contribution is -2.19. The van der Waals surface area contributed by atoms with Crippen LogP contribution in [-0.4, -0.2) is 5.91 Å². The van der Waals surface area contributed by atoms with E-state index >= 15 is 0 Å². The van der Waals surface area contributed by atoms with Crippen LogP contribution in [0.25, 0.3) is 0 Å². The summed E-state index contributed by atoms with van der Waals surface area (Å²) in [6.45, 7) is 1.92. The Hall–Kier alpha value is -1.42. The van der Waals surface area contributed by atoms with Gasteiger partial charge >= 0.3 is 0 Å². The summed E-state index contributed by atoms with van der Waals surface area (Å²) < 4.78 is 12.7. The Morgan fingerprint density at radius 2 is 1.94 bits per heavy atom. The molecule has 1 aromatic rings. The first-order chi connectivity index (χ1) is 7.49. The lowest BCUT2D eigenvalue weighted by Gasteiger charge is -2.16. The van der Waals surface area contributed by atoms with Crippen LogP contribution in [0.4, 0.5) is 4.39 Å². The molecule has 0 aliphatic carbocycles. The Morgan fingerprint density at radius 1 is 1.38 bits per heavy atom. The maximum absolute atomic E-state index is 12.7. The van der Waals surface area contributed by atoms with E-state index < -0.39 is 0 Å². The van der Waals surface area contributed by atoms with Gasteiger partial charge in [0.05, 0.1) is 0 Å². The molecule has 0 bridgehead atoms. The normalized spacial score (nSPS) is 14.4. The number of primary amides is 1. The van der Waals surface area contributed by atoms with Gasteiger partial charge in [-0.15, -0.1) is 0 Å². The molecule has 1 aromatic carbocycles. The molecular weight excluding hydrogens is 207 g/mol. The van der Waals surface area contributed by atoms with Crippen LogP contribution in [0.15, 0.2) is 24.3 Å². The van der Waals surface area contributed by atoms with Gasteiger partial charge in [0, 0.05) is 12.5 Å². The summed E-state index contributed by atoms with van der Waals surface area (Å²) in [4.78, 5) is 10.7. The molecular formula is C12H17FN2O. The fraction of sp³-hybridized carbons (Fsp3) is 0.417. The second kappa shape index (κ2) is 5.61. The van der Waals surface area contributed by atoms with E-state index in [2.05, 4.69) is 0 Å². The van der Waals surface area contributed by atoms with Gasteiger partial charge in [0.1, 0.15) is 5.82 Å². The van der Waals surface area contributed by atoms with Gasteiger partial charge in [-0.2, -0.15) is 0 Å². The zero-order chi connectivity index (χ0) is 12.1. The summed E-state index contributed by atoms with van der Waals surface area (Å²) in [6, 6.07) is 5.91. The Labute approximate surface area is 94.6 Å². The molecule has 0 aromatic heterocycles. The number of amides is 1. The minimum atomic E-state index is -0.321. The Kier molecular flexibility index (Phi) is 4.43. The zero-order valence-corrected chi connectivity index (χ0v) is 9.32. The Bertz CT molecular complexity index is 351. The number of hydrogen-bond donors (Lipinski definition) is 2. The quantitative estimate of drug-likeness (QED) is 0.799. The summed E-state index contributed by atoms with van der Waals surface area (Å²) >= 11 is 0. The molecule has 0 fully saturated rings. The maximum atomic E-state index is 12.7. The van der Waals surface area contributed by atoms with Crippen LogP contribution in [0.1, 0.15) is 31.4 Å². The third-order valence-corrected chi connectivity index (χ3v) is 2.50. The summed E-state index contributed by atoms with van der Waals surface area (Å²) in [5.74, 6) is -0.461. The lowest BCUT2D eigenvalue weighted by atomic mass is 9.94. The number of carbonyl (C=O) groups excluding carboxylic acids is 1. The minimum Gasteiger partial charge on any atom is -0.370 e. The molecule has 1 amide bonds. The van der Waals surface area contributed by atoms with Gasteiger partial charge in [-0.1, -0.05) is 19.1 Å². The number of nitrogens with two attached hydrogens (primary N) is 2. The molecule has 0 heterocycles. The van der Waals surface area contributed by atoms with Gasteiger partial charge in [0.2, 0.25) is 5.91 Å². The highest BCUT2D eigenvalue weighted by molar-refractivity contribution is 5.73. The van der Waals surface area contributed by atoms with E-state index in [1.807, 2.05) is 6.92 Å². The van der Waals surface area contributed by atoms with Crippen molar-refractivity contribution in [1.82, 2.24) is 0 Å². The molecule has 4 N–H and O–H groups in total. The first kappa shape index (κ1) is 12.6. The van der Waals surface area contributed by atoms with Crippen molar-refractivity contribution in [2.24, 2.45) is 17.4 Å². The van der Waals surface area contributed by atoms with Crippen molar-refractivity contribution >= 4 is 5.91 Å². The van der Waals surface area contributed by atoms with Crippen molar-refractivity contribution in [2.75, 3.05) is 0 Å². The van der Waals surface area contributed by atoms with Gasteiger partial charge in [0.15, 0.2) is 0 Å². The lowest BCUT2D eigenvalue weighted by molar-refractivity contribution is -0.118. The molecule has 0 aliphatic rings. The standard InChI is InChI=1S/C12H17FN2O/c1-8(7-12(15)16)6-11(14)9-2-4-10(13)5-3-9/h2-5,8,11H,6-7,14H2,1H3,(H2,15,16). The molecule has 3 nitrogen and oxygen atoms in total. The van der Waals surface area contributed by atoms with Crippen molar-refractivity contribution < 1.29 is 9.18 Å². The molecule has 16 heavy (non-hydrogen) atoms. The molecule has 0 aliphatic heterocycles. The van der Waals surface area contributed by atoms with E-state index in [9.17, 15) is 9.18 Å². The highest BCUT2D eigenvalue weighted by Gasteiger charge is 2.13. The molecule has 1 rings (SSSR count). The monoisotopic (exact) mass is 224 g/mol. The number of benzene rings is 1. The smallest absolute Gasteiger partial charge is 0.217 e. The topological polar surface area (TPSA) is 69.1 Å². The fourth-order valence-electron chi connectivity index (χ4n) is 1.71. The molecule has 2 atom stereocenters. The van der Waals surface area contributed by atoms with Gasteiger partial charge in [0.25, 0.3) is 0 Å². The van der Waals surface area contributed by atoms with Crippen LogP contribution in [0.3, 0.4) is 0 Å². The van der Waals surface area contributed by atoms with Crippen LogP contribution in [0.2, 0.25) is 0 Å². The summed E-state index contributed by atoms with van der Waals surface area (Å²) in [7, 11) is 0. The van der Waals surface area contributed by atoms with E-state index in [-0.39, 0.29) is 23.7 Å². The summed E-state index contributed by atoms with van der Waals surface area (Å²) in [5, 5.41) is 0. The van der Waals surface area contributed by atoms with Crippen LogP contribution in [0.5, 0.6) is 0 Å². The predicted octanol–water partition coefficient (Wildman–Crippen LogP) is 1.73.